The summed E-state index contributed by atoms with van der Waals surface area (Å²) in [4.78, 5) is 2.76. The van der Waals surface area contributed by atoms with E-state index in [0.29, 0.717) is 12.3 Å². The molecule has 26 heavy (non-hydrogen) atoms. The van der Waals surface area contributed by atoms with Crippen LogP contribution in [0.15, 0.2) is 18.3 Å². The number of alkyl halides is 12. The summed E-state index contributed by atoms with van der Waals surface area (Å²) in [6.07, 6.45) is -6.81. The zero-order chi connectivity index (χ0) is 20.1. The van der Waals surface area contributed by atoms with Gasteiger partial charge in [-0.1, -0.05) is 17.8 Å². The van der Waals surface area contributed by atoms with Crippen LogP contribution < -0.4 is 34.5 Å². The molecule has 2 nitrogen and oxygen atoms in total. The van der Waals surface area contributed by atoms with Crippen molar-refractivity contribution < 1.29 is 87.0 Å². The van der Waals surface area contributed by atoms with Gasteiger partial charge in [-0.15, -0.1) is 0 Å². The van der Waals surface area contributed by atoms with Crippen LogP contribution >= 0.6 is 0 Å². The molecule has 0 aliphatic rings. The number of hydrogen-bond acceptors (Lipinski definition) is 1. The van der Waals surface area contributed by atoms with Gasteiger partial charge in [0.1, 0.15) is 0 Å². The van der Waals surface area contributed by atoms with Crippen LogP contribution in [-0.2, 0) is 10.6 Å². The van der Waals surface area contributed by atoms with Gasteiger partial charge in [-0.3, -0.25) is 0 Å². The van der Waals surface area contributed by atoms with Gasteiger partial charge >= 0.3 is 59.4 Å². The fraction of sp³-hybridized carbons (Fsp3) is 0.636. The summed E-state index contributed by atoms with van der Waals surface area (Å²) in [6.45, 7) is 0. The largest absolute Gasteiger partial charge is 1.00 e. The van der Waals surface area contributed by atoms with Crippen molar-refractivity contribution in [1.29, 1.82) is 0 Å². The van der Waals surface area contributed by atoms with Crippen LogP contribution in [0.4, 0.5) is 52.7 Å². The molecule has 0 N–H and O–H groups in total. The SMILES string of the molecule is COC(F)(c1ccc[n-]1)C(F)(F)C(F)(F)C(F)(F)C(F)(F)C(F)(F)F.[Na+]. The van der Waals surface area contributed by atoms with Crippen molar-refractivity contribution in [3.8, 4) is 0 Å². The number of aromatic nitrogens is 1. The molecule has 0 aliphatic carbocycles. The van der Waals surface area contributed by atoms with Gasteiger partial charge in [-0.05, 0) is 0 Å². The fourth-order valence-electron chi connectivity index (χ4n) is 1.66. The number of halogens is 12. The Bertz CT molecular complexity index is 599. The number of rotatable bonds is 6. The van der Waals surface area contributed by atoms with Gasteiger partial charge in [-0.25, -0.2) is 4.39 Å². The van der Waals surface area contributed by atoms with E-state index in [0.717, 1.165) is 0 Å². The van der Waals surface area contributed by atoms with Gasteiger partial charge in [-0.2, -0.15) is 54.5 Å². The van der Waals surface area contributed by atoms with Crippen LogP contribution in [0.3, 0.4) is 0 Å². The standard InChI is InChI=1S/C11H6F12NO.Na/c1-25-6(12,5-3-2-4-24-5)7(13,14)8(15,16)9(17,18)10(19,20)11(21,22)23;/h2-4H,1H3;/q-1;+1. The molecule has 0 spiro atoms. The summed E-state index contributed by atoms with van der Waals surface area (Å²) >= 11 is 0. The Balaban J connectivity index is 0.00000625. The molecule has 1 aromatic rings. The van der Waals surface area contributed by atoms with Gasteiger partial charge < -0.3 is 9.72 Å². The van der Waals surface area contributed by atoms with Gasteiger partial charge in [0.25, 0.3) is 5.85 Å². The molecule has 1 aromatic heterocycles. The third-order valence-electron chi connectivity index (χ3n) is 3.11. The summed E-state index contributed by atoms with van der Waals surface area (Å²) in [6, 6.07) is 0.910. The maximum atomic E-state index is 14.2. The van der Waals surface area contributed by atoms with Crippen molar-refractivity contribution in [3.05, 3.63) is 24.0 Å². The van der Waals surface area contributed by atoms with E-state index in [1.165, 1.54) is 0 Å². The van der Waals surface area contributed by atoms with Gasteiger partial charge in [0.05, 0.1) is 0 Å². The van der Waals surface area contributed by atoms with Crippen molar-refractivity contribution in [2.45, 2.75) is 35.7 Å². The van der Waals surface area contributed by atoms with Crippen molar-refractivity contribution in [3.63, 3.8) is 0 Å². The number of methoxy groups -OCH3 is 1. The van der Waals surface area contributed by atoms with Gasteiger partial charge in [0.15, 0.2) is 0 Å². The number of hydrogen-bond donors (Lipinski definition) is 0. The smallest absolute Gasteiger partial charge is 0.663 e. The van der Waals surface area contributed by atoms with E-state index in [1.807, 2.05) is 0 Å². The first-order valence-electron chi connectivity index (χ1n) is 5.82. The molecule has 0 amide bonds. The first-order chi connectivity index (χ1) is 10.9. The molecule has 146 valence electrons. The quantitative estimate of drug-likeness (QED) is 0.516. The summed E-state index contributed by atoms with van der Waals surface area (Å²) in [5, 5.41) is 0. The average molecular weight is 419 g/mol. The van der Waals surface area contributed by atoms with Gasteiger partial charge in [0.2, 0.25) is 0 Å². The average Bonchev–Trinajstić information content (AvgIpc) is 2.98. The molecular weight excluding hydrogens is 413 g/mol. The van der Waals surface area contributed by atoms with Crippen molar-refractivity contribution in [2.75, 3.05) is 7.11 Å². The minimum Gasteiger partial charge on any atom is -0.663 e. The van der Waals surface area contributed by atoms with Crippen molar-refractivity contribution in [1.82, 2.24) is 4.98 Å². The normalized spacial score (nSPS) is 16.8. The Morgan fingerprint density at radius 3 is 1.46 bits per heavy atom. The molecule has 0 fully saturated rings. The van der Waals surface area contributed by atoms with E-state index in [-0.39, 0.29) is 42.7 Å². The monoisotopic (exact) mass is 419 g/mol. The predicted octanol–water partition coefficient (Wildman–Crippen LogP) is 1.52. The number of ether oxygens (including phenoxy) is 1. The van der Waals surface area contributed by atoms with Crippen LogP contribution in [-0.4, -0.2) is 37.0 Å². The summed E-state index contributed by atoms with van der Waals surface area (Å²) in [5.74, 6) is -35.0. The minimum atomic E-state index is -7.73. The third kappa shape index (κ3) is 3.22. The summed E-state index contributed by atoms with van der Waals surface area (Å²) < 4.78 is 160. The second-order valence-electron chi connectivity index (χ2n) is 4.62. The maximum Gasteiger partial charge on any atom is 1.00 e. The number of nitrogens with zero attached hydrogens (tertiary/aromatic N) is 1. The first-order valence-corrected chi connectivity index (χ1v) is 5.82. The molecule has 1 heterocycles. The van der Waals surface area contributed by atoms with E-state index in [4.69, 9.17) is 0 Å². The van der Waals surface area contributed by atoms with Crippen molar-refractivity contribution >= 4 is 0 Å². The van der Waals surface area contributed by atoms with Crippen LogP contribution in [0, 0.1) is 0 Å². The molecule has 0 bridgehead atoms. The zero-order valence-corrected chi connectivity index (χ0v) is 14.6. The third-order valence-corrected chi connectivity index (χ3v) is 3.11. The fourth-order valence-corrected chi connectivity index (χ4v) is 1.66. The predicted molar refractivity (Wildman–Crippen MR) is 55.4 cm³/mol. The van der Waals surface area contributed by atoms with Crippen LogP contribution in [0.25, 0.3) is 0 Å². The van der Waals surface area contributed by atoms with Gasteiger partial charge in [0, 0.05) is 7.11 Å². The Hall–Kier alpha value is -0.600. The molecule has 1 unspecified atom stereocenters. The molecule has 0 aromatic carbocycles. The molecule has 0 aliphatic heterocycles. The first kappa shape index (κ1) is 25.4. The van der Waals surface area contributed by atoms with E-state index >= 15 is 0 Å². The summed E-state index contributed by atoms with van der Waals surface area (Å²) in [7, 11) is -0.0291. The van der Waals surface area contributed by atoms with E-state index in [1.54, 1.807) is 0 Å². The Kier molecular flexibility index (Phi) is 6.93. The van der Waals surface area contributed by atoms with E-state index < -0.39 is 41.4 Å². The molecule has 1 atom stereocenters. The molecule has 15 heteroatoms. The van der Waals surface area contributed by atoms with Crippen LogP contribution in [0.2, 0.25) is 0 Å². The molecule has 0 saturated heterocycles. The molecule has 1 rings (SSSR count). The zero-order valence-electron chi connectivity index (χ0n) is 12.6. The van der Waals surface area contributed by atoms with Crippen LogP contribution in [0.1, 0.15) is 5.69 Å². The molecule has 0 saturated carbocycles. The second kappa shape index (κ2) is 7.09. The minimum absolute atomic E-state index is 0. The Morgan fingerprint density at radius 1 is 0.731 bits per heavy atom. The Morgan fingerprint density at radius 2 is 1.15 bits per heavy atom. The summed E-state index contributed by atoms with van der Waals surface area (Å²) in [5.41, 5.74) is -1.74. The topological polar surface area (TPSA) is 23.3 Å². The van der Waals surface area contributed by atoms with Crippen LogP contribution in [0.5, 0.6) is 0 Å². The second-order valence-corrected chi connectivity index (χ2v) is 4.62. The van der Waals surface area contributed by atoms with Crippen molar-refractivity contribution in [2.24, 2.45) is 0 Å². The maximum absolute atomic E-state index is 14.2. The Labute approximate surface area is 159 Å². The van der Waals surface area contributed by atoms with E-state index in [9.17, 15) is 52.7 Å². The molecule has 0 radical (unpaired) electrons. The van der Waals surface area contributed by atoms with E-state index in [2.05, 4.69) is 9.72 Å². The molecular formula is C11H6F12NNaO.